The Balaban J connectivity index is 1.18. The Morgan fingerprint density at radius 1 is 0.439 bits per heavy atom. The standard InChI is InChI=1S/C54H34N2S/c55-35-36-22-24-37(25-23-36)38-26-29-42(30-27-38)56(51-21-11-19-47-48-32-28-39-12-7-8-17-44(39)52(48)57-53(47)51)43-31-33-46-45-18-9-10-20-49(45)54(50(46)34-43,40-13-3-1-4-14-40)41-15-5-2-6-16-41/h1-34H. The molecule has 1 aromatic heterocycles. The Hall–Kier alpha value is -7.25. The number of nitrogens with zero attached hydrogens (tertiary/aromatic N) is 2. The molecule has 1 aliphatic carbocycles. The summed E-state index contributed by atoms with van der Waals surface area (Å²) in [5, 5.41) is 14.5. The summed E-state index contributed by atoms with van der Waals surface area (Å²) in [5.74, 6) is 0. The molecule has 0 bridgehead atoms. The molecule has 0 aliphatic heterocycles. The van der Waals surface area contributed by atoms with Gasteiger partial charge < -0.3 is 4.90 Å². The molecule has 9 aromatic carbocycles. The van der Waals surface area contributed by atoms with E-state index in [2.05, 4.69) is 193 Å². The zero-order valence-electron chi connectivity index (χ0n) is 30.9. The van der Waals surface area contributed by atoms with Crippen molar-refractivity contribution in [3.8, 4) is 28.3 Å². The quantitative estimate of drug-likeness (QED) is 0.170. The van der Waals surface area contributed by atoms with Gasteiger partial charge >= 0.3 is 0 Å². The Labute approximate surface area is 335 Å². The van der Waals surface area contributed by atoms with Crippen molar-refractivity contribution in [1.29, 1.82) is 5.26 Å². The molecule has 10 aromatic rings. The molecule has 11 rings (SSSR count). The molecule has 57 heavy (non-hydrogen) atoms. The first-order chi connectivity index (χ1) is 28.2. The predicted octanol–water partition coefficient (Wildman–Crippen LogP) is 14.6. The molecule has 0 fully saturated rings. The lowest BCUT2D eigenvalue weighted by Crippen LogP contribution is -2.28. The third-order valence-corrected chi connectivity index (χ3v) is 13.1. The molecular formula is C54H34N2S. The van der Waals surface area contributed by atoms with Crippen LogP contribution >= 0.6 is 11.3 Å². The van der Waals surface area contributed by atoms with E-state index in [0.29, 0.717) is 5.56 Å². The van der Waals surface area contributed by atoms with Crippen LogP contribution in [0, 0.1) is 11.3 Å². The minimum atomic E-state index is -0.516. The minimum Gasteiger partial charge on any atom is -0.309 e. The zero-order valence-corrected chi connectivity index (χ0v) is 31.7. The van der Waals surface area contributed by atoms with Crippen LogP contribution in [0.4, 0.5) is 17.1 Å². The van der Waals surface area contributed by atoms with Crippen molar-refractivity contribution in [1.82, 2.24) is 0 Å². The fourth-order valence-corrected chi connectivity index (χ4v) is 10.6. The maximum Gasteiger partial charge on any atom is 0.0991 e. The molecule has 0 radical (unpaired) electrons. The summed E-state index contributed by atoms with van der Waals surface area (Å²) in [6.45, 7) is 0. The molecule has 0 amide bonds. The maximum atomic E-state index is 9.40. The lowest BCUT2D eigenvalue weighted by molar-refractivity contribution is 0.768. The van der Waals surface area contributed by atoms with Crippen molar-refractivity contribution in [3.63, 3.8) is 0 Å². The van der Waals surface area contributed by atoms with E-state index in [-0.39, 0.29) is 0 Å². The van der Waals surface area contributed by atoms with Gasteiger partial charge in [0.05, 0.1) is 27.4 Å². The molecule has 1 aliphatic rings. The summed E-state index contributed by atoms with van der Waals surface area (Å²) in [4.78, 5) is 2.45. The fourth-order valence-electron chi connectivity index (χ4n) is 9.23. The van der Waals surface area contributed by atoms with Crippen molar-refractivity contribution in [2.24, 2.45) is 0 Å². The van der Waals surface area contributed by atoms with E-state index in [9.17, 15) is 5.26 Å². The Morgan fingerprint density at radius 3 is 1.77 bits per heavy atom. The van der Waals surface area contributed by atoms with Gasteiger partial charge in [-0.05, 0) is 97.7 Å². The number of thiophene rings is 1. The van der Waals surface area contributed by atoms with E-state index in [1.165, 1.54) is 64.3 Å². The Kier molecular flexibility index (Phi) is 7.67. The fraction of sp³-hybridized carbons (Fsp3) is 0.0185. The van der Waals surface area contributed by atoms with Gasteiger partial charge in [-0.25, -0.2) is 0 Å². The monoisotopic (exact) mass is 742 g/mol. The van der Waals surface area contributed by atoms with Gasteiger partial charge in [-0.2, -0.15) is 5.26 Å². The number of hydrogen-bond donors (Lipinski definition) is 0. The first kappa shape index (κ1) is 33.1. The largest absolute Gasteiger partial charge is 0.309 e. The summed E-state index contributed by atoms with van der Waals surface area (Å²) < 4.78 is 2.56. The van der Waals surface area contributed by atoms with Crippen molar-refractivity contribution in [2.75, 3.05) is 4.90 Å². The molecule has 266 valence electrons. The second-order valence-electron chi connectivity index (χ2n) is 14.7. The number of anilines is 3. The molecule has 0 spiro atoms. The second-order valence-corrected chi connectivity index (χ2v) is 15.8. The van der Waals surface area contributed by atoms with Crippen LogP contribution in [0.1, 0.15) is 27.8 Å². The van der Waals surface area contributed by atoms with Gasteiger partial charge in [-0.1, -0.05) is 164 Å². The van der Waals surface area contributed by atoms with Crippen LogP contribution in [0.15, 0.2) is 206 Å². The highest BCUT2D eigenvalue weighted by Crippen LogP contribution is 2.57. The van der Waals surface area contributed by atoms with Crippen molar-refractivity contribution in [2.45, 2.75) is 5.41 Å². The van der Waals surface area contributed by atoms with E-state index in [4.69, 9.17) is 0 Å². The average Bonchev–Trinajstić information content (AvgIpc) is 3.82. The van der Waals surface area contributed by atoms with Crippen LogP contribution in [0.25, 0.3) is 53.2 Å². The number of fused-ring (bicyclic) bond motifs is 8. The molecule has 0 unspecified atom stereocenters. The van der Waals surface area contributed by atoms with Crippen LogP contribution in [-0.4, -0.2) is 0 Å². The molecule has 0 saturated carbocycles. The molecule has 2 nitrogen and oxygen atoms in total. The van der Waals surface area contributed by atoms with Gasteiger partial charge in [0, 0.05) is 26.8 Å². The predicted molar refractivity (Wildman–Crippen MR) is 239 cm³/mol. The second kappa shape index (κ2) is 13.2. The summed E-state index contributed by atoms with van der Waals surface area (Å²) in [6.07, 6.45) is 0. The zero-order chi connectivity index (χ0) is 37.9. The third kappa shape index (κ3) is 5.09. The summed E-state index contributed by atoms with van der Waals surface area (Å²) in [7, 11) is 0. The van der Waals surface area contributed by atoms with Gasteiger partial charge in [0.1, 0.15) is 0 Å². The molecule has 1 heterocycles. The summed E-state index contributed by atoms with van der Waals surface area (Å²) in [6, 6.07) is 77.0. The highest BCUT2D eigenvalue weighted by atomic mass is 32.1. The topological polar surface area (TPSA) is 27.0 Å². The molecule has 0 saturated heterocycles. The van der Waals surface area contributed by atoms with Gasteiger partial charge in [0.15, 0.2) is 0 Å². The third-order valence-electron chi connectivity index (χ3n) is 11.8. The van der Waals surface area contributed by atoms with E-state index in [1.807, 2.05) is 35.6 Å². The summed E-state index contributed by atoms with van der Waals surface area (Å²) >= 11 is 1.88. The number of rotatable bonds is 6. The van der Waals surface area contributed by atoms with Gasteiger partial charge in [0.2, 0.25) is 0 Å². The van der Waals surface area contributed by atoms with Gasteiger partial charge in [0.25, 0.3) is 0 Å². The Bertz CT molecular complexity index is 3130. The summed E-state index contributed by atoms with van der Waals surface area (Å²) in [5.41, 5.74) is 13.2. The number of nitriles is 1. The minimum absolute atomic E-state index is 0.516. The highest BCUT2D eigenvalue weighted by molar-refractivity contribution is 7.27. The van der Waals surface area contributed by atoms with E-state index in [0.717, 1.165) is 28.2 Å². The smallest absolute Gasteiger partial charge is 0.0991 e. The van der Waals surface area contributed by atoms with Crippen LogP contribution in [0.2, 0.25) is 0 Å². The van der Waals surface area contributed by atoms with Crippen molar-refractivity contribution < 1.29 is 0 Å². The molecule has 0 atom stereocenters. The molecular weight excluding hydrogens is 709 g/mol. The lowest BCUT2D eigenvalue weighted by atomic mass is 9.67. The van der Waals surface area contributed by atoms with Gasteiger partial charge in [-0.15, -0.1) is 11.3 Å². The maximum absolute atomic E-state index is 9.40. The number of hydrogen-bond acceptors (Lipinski definition) is 3. The number of benzene rings is 9. The van der Waals surface area contributed by atoms with Crippen LogP contribution < -0.4 is 4.90 Å². The first-order valence-corrected chi connectivity index (χ1v) is 20.1. The van der Waals surface area contributed by atoms with E-state index < -0.39 is 5.41 Å². The van der Waals surface area contributed by atoms with Crippen molar-refractivity contribution in [3.05, 3.63) is 234 Å². The normalized spacial score (nSPS) is 12.7. The van der Waals surface area contributed by atoms with E-state index >= 15 is 0 Å². The van der Waals surface area contributed by atoms with Crippen LogP contribution in [-0.2, 0) is 5.41 Å². The van der Waals surface area contributed by atoms with Gasteiger partial charge in [-0.3, -0.25) is 0 Å². The Morgan fingerprint density at radius 2 is 1.04 bits per heavy atom. The molecule has 3 heteroatoms. The average molecular weight is 743 g/mol. The first-order valence-electron chi connectivity index (χ1n) is 19.3. The van der Waals surface area contributed by atoms with Crippen molar-refractivity contribution >= 4 is 59.3 Å². The van der Waals surface area contributed by atoms with Crippen LogP contribution in [0.5, 0.6) is 0 Å². The SMILES string of the molecule is N#Cc1ccc(-c2ccc(N(c3ccc4c(c3)C(c3ccccc3)(c3ccccc3)c3ccccc3-4)c3cccc4c3sc3c5ccccc5ccc43)cc2)cc1. The highest BCUT2D eigenvalue weighted by Gasteiger charge is 2.46. The van der Waals surface area contributed by atoms with E-state index in [1.54, 1.807) is 0 Å². The lowest BCUT2D eigenvalue weighted by Gasteiger charge is -2.35. The van der Waals surface area contributed by atoms with Crippen LogP contribution in [0.3, 0.4) is 0 Å². The molecule has 0 N–H and O–H groups in total.